The lowest BCUT2D eigenvalue weighted by Gasteiger charge is -2.35. The third-order valence-electron chi connectivity index (χ3n) is 5.53. The predicted molar refractivity (Wildman–Crippen MR) is 125 cm³/mol. The first-order valence-corrected chi connectivity index (χ1v) is 10.6. The minimum Gasteiger partial charge on any atom is -0.493 e. The van der Waals surface area contributed by atoms with E-state index >= 15 is 0 Å². The van der Waals surface area contributed by atoms with E-state index in [0.717, 1.165) is 17.2 Å². The van der Waals surface area contributed by atoms with Gasteiger partial charge in [0, 0.05) is 50.7 Å². The average Bonchev–Trinajstić information content (AvgIpc) is 3.42. The van der Waals surface area contributed by atoms with Crippen LogP contribution in [0.3, 0.4) is 0 Å². The molecule has 1 aromatic carbocycles. The summed E-state index contributed by atoms with van der Waals surface area (Å²) in [6.45, 7) is 2.63. The zero-order valence-corrected chi connectivity index (χ0v) is 19.0. The van der Waals surface area contributed by atoms with E-state index in [4.69, 9.17) is 14.2 Å². The standard InChI is InChI=1S/C24H27N5O4/c1-31-19-14-18(15-20(32-2)24(19)33-3)6-7-23(30)29-12-10-28(11-13-29)22-16-21(25-17-26-22)27-8-4-5-9-27/h4-9,14-17H,10-13H2,1-3H3/b7-6+. The van der Waals surface area contributed by atoms with Crippen molar-refractivity contribution in [1.29, 1.82) is 0 Å². The maximum Gasteiger partial charge on any atom is 0.246 e. The molecule has 3 heterocycles. The van der Waals surface area contributed by atoms with Crippen molar-refractivity contribution in [3.63, 3.8) is 0 Å². The van der Waals surface area contributed by atoms with E-state index in [1.165, 1.54) is 0 Å². The highest BCUT2D eigenvalue weighted by Gasteiger charge is 2.21. The molecule has 1 saturated heterocycles. The molecular formula is C24H27N5O4. The van der Waals surface area contributed by atoms with Gasteiger partial charge in [-0.2, -0.15) is 0 Å². The number of hydrogen-bond acceptors (Lipinski definition) is 7. The zero-order chi connectivity index (χ0) is 23.2. The molecule has 4 rings (SSSR count). The smallest absolute Gasteiger partial charge is 0.246 e. The summed E-state index contributed by atoms with van der Waals surface area (Å²) in [6, 6.07) is 9.48. The van der Waals surface area contributed by atoms with Crippen molar-refractivity contribution < 1.29 is 19.0 Å². The van der Waals surface area contributed by atoms with E-state index < -0.39 is 0 Å². The highest BCUT2D eigenvalue weighted by Crippen LogP contribution is 2.38. The van der Waals surface area contributed by atoms with Crippen LogP contribution in [0.1, 0.15) is 5.56 Å². The van der Waals surface area contributed by atoms with Gasteiger partial charge in [-0.05, 0) is 35.9 Å². The van der Waals surface area contributed by atoms with Gasteiger partial charge in [0.1, 0.15) is 18.0 Å². The van der Waals surface area contributed by atoms with Crippen LogP contribution < -0.4 is 19.1 Å². The highest BCUT2D eigenvalue weighted by atomic mass is 16.5. The van der Waals surface area contributed by atoms with E-state index in [0.29, 0.717) is 43.4 Å². The van der Waals surface area contributed by atoms with Gasteiger partial charge in [-0.1, -0.05) is 0 Å². The number of carbonyl (C=O) groups is 1. The molecule has 1 aliphatic rings. The molecule has 0 atom stereocenters. The summed E-state index contributed by atoms with van der Waals surface area (Å²) < 4.78 is 18.0. The van der Waals surface area contributed by atoms with Crippen molar-refractivity contribution in [1.82, 2.24) is 19.4 Å². The number of nitrogens with zero attached hydrogens (tertiary/aromatic N) is 5. The highest BCUT2D eigenvalue weighted by molar-refractivity contribution is 5.92. The van der Waals surface area contributed by atoms with Crippen molar-refractivity contribution in [2.75, 3.05) is 52.4 Å². The van der Waals surface area contributed by atoms with Gasteiger partial charge in [0.2, 0.25) is 11.7 Å². The molecule has 9 nitrogen and oxygen atoms in total. The lowest BCUT2D eigenvalue weighted by Crippen LogP contribution is -2.48. The lowest BCUT2D eigenvalue weighted by atomic mass is 10.1. The molecule has 0 spiro atoms. The molecule has 9 heteroatoms. The number of rotatable bonds is 7. The van der Waals surface area contributed by atoms with Crippen LogP contribution in [0.5, 0.6) is 17.2 Å². The monoisotopic (exact) mass is 449 g/mol. The predicted octanol–water partition coefficient (Wildman–Crippen LogP) is 2.66. The van der Waals surface area contributed by atoms with Gasteiger partial charge in [-0.25, -0.2) is 9.97 Å². The molecule has 0 radical (unpaired) electrons. The van der Waals surface area contributed by atoms with Crippen LogP contribution in [0.15, 0.2) is 55.1 Å². The van der Waals surface area contributed by atoms with Gasteiger partial charge in [0.05, 0.1) is 21.3 Å². The average molecular weight is 450 g/mol. The molecule has 3 aromatic rings. The number of carbonyl (C=O) groups excluding carboxylic acids is 1. The van der Waals surface area contributed by atoms with E-state index in [1.807, 2.05) is 40.1 Å². The third kappa shape index (κ3) is 4.92. The van der Waals surface area contributed by atoms with E-state index in [9.17, 15) is 4.79 Å². The van der Waals surface area contributed by atoms with Crippen LogP contribution in [0, 0.1) is 0 Å². The Balaban J connectivity index is 1.39. The molecule has 1 aliphatic heterocycles. The molecule has 1 fully saturated rings. The SMILES string of the molecule is COc1cc(/C=C/C(=O)N2CCN(c3cc(-n4cccc4)ncn3)CC2)cc(OC)c1OC. The number of methoxy groups -OCH3 is 3. The van der Waals surface area contributed by atoms with Gasteiger partial charge in [-0.3, -0.25) is 4.79 Å². The minimum absolute atomic E-state index is 0.0425. The molecule has 0 aliphatic carbocycles. The summed E-state index contributed by atoms with van der Waals surface area (Å²) in [5, 5.41) is 0. The summed E-state index contributed by atoms with van der Waals surface area (Å²) in [4.78, 5) is 25.5. The fourth-order valence-electron chi connectivity index (χ4n) is 3.77. The molecule has 0 N–H and O–H groups in total. The maximum absolute atomic E-state index is 12.8. The van der Waals surface area contributed by atoms with Crippen LogP contribution in [0.25, 0.3) is 11.9 Å². The largest absolute Gasteiger partial charge is 0.493 e. The Labute approximate surface area is 192 Å². The summed E-state index contributed by atoms with van der Waals surface area (Å²) in [5.74, 6) is 3.23. The van der Waals surface area contributed by atoms with Crippen LogP contribution in [0.4, 0.5) is 5.82 Å². The molecule has 0 unspecified atom stereocenters. The van der Waals surface area contributed by atoms with Gasteiger partial charge in [-0.15, -0.1) is 0 Å². The fourth-order valence-corrected chi connectivity index (χ4v) is 3.77. The number of amides is 1. The number of piperazine rings is 1. The fraction of sp³-hybridized carbons (Fsp3) is 0.292. The molecule has 2 aromatic heterocycles. The number of hydrogen-bond donors (Lipinski definition) is 0. The van der Waals surface area contributed by atoms with E-state index in [2.05, 4.69) is 14.9 Å². The second-order valence-corrected chi connectivity index (χ2v) is 7.43. The zero-order valence-electron chi connectivity index (χ0n) is 19.0. The van der Waals surface area contributed by atoms with Crippen LogP contribution in [0.2, 0.25) is 0 Å². The molecule has 172 valence electrons. The lowest BCUT2D eigenvalue weighted by molar-refractivity contribution is -0.126. The third-order valence-corrected chi connectivity index (χ3v) is 5.53. The Kier molecular flexibility index (Phi) is 6.77. The van der Waals surface area contributed by atoms with Gasteiger partial charge >= 0.3 is 0 Å². The Morgan fingerprint density at radius 2 is 1.52 bits per heavy atom. The first-order valence-electron chi connectivity index (χ1n) is 10.6. The van der Waals surface area contributed by atoms with Crippen molar-refractivity contribution in [2.45, 2.75) is 0 Å². The molecule has 33 heavy (non-hydrogen) atoms. The molecule has 0 saturated carbocycles. The van der Waals surface area contributed by atoms with Crippen molar-refractivity contribution in [3.05, 3.63) is 60.7 Å². The number of anilines is 1. The Bertz CT molecular complexity index is 1100. The first kappa shape index (κ1) is 22.2. The van der Waals surface area contributed by atoms with E-state index in [1.54, 1.807) is 51.9 Å². The maximum atomic E-state index is 12.8. The van der Waals surface area contributed by atoms with Crippen molar-refractivity contribution >= 4 is 17.8 Å². The summed E-state index contributed by atoms with van der Waals surface area (Å²) in [5.41, 5.74) is 0.787. The second-order valence-electron chi connectivity index (χ2n) is 7.43. The van der Waals surface area contributed by atoms with E-state index in [-0.39, 0.29) is 5.91 Å². The number of benzene rings is 1. The van der Waals surface area contributed by atoms with Crippen molar-refractivity contribution in [3.8, 4) is 23.1 Å². The quantitative estimate of drug-likeness (QED) is 0.513. The number of ether oxygens (including phenoxy) is 3. The Hall–Kier alpha value is -4.01. The molecule has 0 bridgehead atoms. The number of aromatic nitrogens is 3. The summed E-state index contributed by atoms with van der Waals surface area (Å²) >= 11 is 0. The normalized spacial score (nSPS) is 13.9. The van der Waals surface area contributed by atoms with Crippen LogP contribution in [-0.4, -0.2) is 72.9 Å². The molecule has 1 amide bonds. The minimum atomic E-state index is -0.0425. The summed E-state index contributed by atoms with van der Waals surface area (Å²) in [6.07, 6.45) is 8.80. The first-order chi connectivity index (χ1) is 16.1. The second kappa shape index (κ2) is 10.1. The Morgan fingerprint density at radius 3 is 2.12 bits per heavy atom. The van der Waals surface area contributed by atoms with Crippen molar-refractivity contribution in [2.24, 2.45) is 0 Å². The van der Waals surface area contributed by atoms with Crippen LogP contribution in [-0.2, 0) is 4.79 Å². The van der Waals surface area contributed by atoms with Gasteiger partial charge in [0.25, 0.3) is 0 Å². The molecular weight excluding hydrogens is 422 g/mol. The van der Waals surface area contributed by atoms with Gasteiger partial charge < -0.3 is 28.6 Å². The topological polar surface area (TPSA) is 82.0 Å². The summed E-state index contributed by atoms with van der Waals surface area (Å²) in [7, 11) is 4.69. The Morgan fingerprint density at radius 1 is 0.879 bits per heavy atom. The van der Waals surface area contributed by atoms with Gasteiger partial charge in [0.15, 0.2) is 11.5 Å². The van der Waals surface area contributed by atoms with Crippen LogP contribution >= 0.6 is 0 Å².